The minimum absolute atomic E-state index is 0.666. The fourth-order valence-electron chi connectivity index (χ4n) is 3.06. The van der Waals surface area contributed by atoms with Crippen molar-refractivity contribution in [2.24, 2.45) is 0 Å². The second-order valence-electron chi connectivity index (χ2n) is 7.49. The summed E-state index contributed by atoms with van der Waals surface area (Å²) >= 11 is -1.65. The van der Waals surface area contributed by atoms with Crippen molar-refractivity contribution in [3.05, 3.63) is 36.4 Å². The number of benzene rings is 2. The summed E-state index contributed by atoms with van der Waals surface area (Å²) in [6.45, 7) is 1.95. The third-order valence-electron chi connectivity index (χ3n) is 4.77. The molecular weight excluding hydrogens is 479 g/mol. The van der Waals surface area contributed by atoms with Gasteiger partial charge in [-0.05, 0) is 0 Å². The van der Waals surface area contributed by atoms with Gasteiger partial charge >= 0.3 is 180 Å². The Labute approximate surface area is 179 Å². The third kappa shape index (κ3) is 7.72. The Hall–Kier alpha value is -2.03. The Kier molecular flexibility index (Phi) is 9.00. The van der Waals surface area contributed by atoms with Crippen LogP contribution in [0.25, 0.3) is 0 Å². The number of hydrogen-bond donors (Lipinski definition) is 4. The van der Waals surface area contributed by atoms with Crippen molar-refractivity contribution in [2.45, 2.75) is 12.8 Å². The zero-order valence-corrected chi connectivity index (χ0v) is 20.2. The van der Waals surface area contributed by atoms with E-state index in [4.69, 9.17) is 20.9 Å². The number of nitrogens with two attached hydrogens (primary N) is 2. The van der Waals surface area contributed by atoms with Crippen molar-refractivity contribution in [2.75, 3.05) is 68.1 Å². The van der Waals surface area contributed by atoms with Crippen LogP contribution in [0.3, 0.4) is 0 Å². The van der Waals surface area contributed by atoms with Gasteiger partial charge in [0.25, 0.3) is 0 Å². The van der Waals surface area contributed by atoms with E-state index in [-0.39, 0.29) is 0 Å². The molecule has 0 aromatic heterocycles. The molecule has 6 nitrogen and oxygen atoms in total. The van der Waals surface area contributed by atoms with E-state index in [2.05, 4.69) is 20.5 Å². The van der Waals surface area contributed by atoms with Crippen LogP contribution < -0.4 is 50.0 Å². The molecule has 164 valence electrons. The van der Waals surface area contributed by atoms with Gasteiger partial charge < -0.3 is 0 Å². The molecule has 0 fully saturated rings. The maximum absolute atomic E-state index is 5.87. The van der Waals surface area contributed by atoms with Crippen LogP contribution in [0.1, 0.15) is 12.8 Å². The van der Waals surface area contributed by atoms with Gasteiger partial charge in [0.2, 0.25) is 0 Å². The average molecular weight is 515 g/mol. The summed E-state index contributed by atoms with van der Waals surface area (Å²) in [4.78, 5) is 5.04. The quantitative estimate of drug-likeness (QED) is 0.143. The summed E-state index contributed by atoms with van der Waals surface area (Å²) in [6.07, 6.45) is 2.39. The fourth-order valence-corrected chi connectivity index (χ4v) is 8.49. The molecule has 0 radical (unpaired) electrons. The van der Waals surface area contributed by atoms with Gasteiger partial charge in [-0.2, -0.15) is 0 Å². The van der Waals surface area contributed by atoms with Crippen molar-refractivity contribution < 1.29 is 27.9 Å². The topological polar surface area (TPSA) is 94.6 Å². The SMILES string of the molecule is COc1cc(NCCC[I-](C)(C)CCCNc2ccc(N)c(OC)c2)ccc1N. The number of halogens is 1. The number of nitrogen functional groups attached to an aromatic ring is 2. The van der Waals surface area contributed by atoms with Crippen molar-refractivity contribution in [3.8, 4) is 11.5 Å². The first kappa shape index (κ1) is 23.3. The molecule has 0 atom stereocenters. The van der Waals surface area contributed by atoms with E-state index in [0.29, 0.717) is 11.4 Å². The Balaban J connectivity index is 1.66. The molecule has 0 aliphatic heterocycles. The van der Waals surface area contributed by atoms with E-state index in [0.717, 1.165) is 36.0 Å². The average Bonchev–Trinajstić information content (AvgIpc) is 2.70. The first-order chi connectivity index (χ1) is 13.8. The molecule has 2 aromatic rings. The summed E-state index contributed by atoms with van der Waals surface area (Å²) < 4.78 is 13.3. The molecule has 0 saturated heterocycles. The molecule has 0 saturated carbocycles. The number of alkyl halides is 4. The molecule has 0 heterocycles. The van der Waals surface area contributed by atoms with Crippen LogP contribution in [-0.2, 0) is 0 Å². The van der Waals surface area contributed by atoms with Crippen LogP contribution >= 0.6 is 0 Å². The summed E-state index contributed by atoms with van der Waals surface area (Å²) in [5.74, 6) is 1.44. The Morgan fingerprint density at radius 1 is 0.759 bits per heavy atom. The van der Waals surface area contributed by atoms with E-state index in [1.165, 1.54) is 21.7 Å². The van der Waals surface area contributed by atoms with Crippen LogP contribution in [0.4, 0.5) is 22.7 Å². The fraction of sp³-hybridized carbons (Fsp3) is 0.455. The van der Waals surface area contributed by atoms with Gasteiger partial charge in [0.15, 0.2) is 0 Å². The molecule has 2 aromatic carbocycles. The van der Waals surface area contributed by atoms with Crippen LogP contribution in [0.15, 0.2) is 36.4 Å². The molecule has 29 heavy (non-hydrogen) atoms. The van der Waals surface area contributed by atoms with Crippen molar-refractivity contribution in [1.29, 1.82) is 0 Å². The van der Waals surface area contributed by atoms with Gasteiger partial charge in [0.05, 0.1) is 0 Å². The maximum atomic E-state index is 5.87. The van der Waals surface area contributed by atoms with Crippen LogP contribution in [0.5, 0.6) is 11.5 Å². The van der Waals surface area contributed by atoms with Crippen LogP contribution in [0.2, 0.25) is 0 Å². The molecule has 7 heteroatoms. The van der Waals surface area contributed by atoms with Gasteiger partial charge in [0, 0.05) is 0 Å². The summed E-state index contributed by atoms with van der Waals surface area (Å²) in [5.41, 5.74) is 15.2. The first-order valence-electron chi connectivity index (χ1n) is 9.78. The third-order valence-corrected chi connectivity index (χ3v) is 12.1. The van der Waals surface area contributed by atoms with Crippen LogP contribution in [-0.4, -0.2) is 46.0 Å². The van der Waals surface area contributed by atoms with E-state index in [1.807, 2.05) is 36.4 Å². The summed E-state index contributed by atoms with van der Waals surface area (Å²) in [6, 6.07) is 11.7. The van der Waals surface area contributed by atoms with Gasteiger partial charge in [-0.3, -0.25) is 0 Å². The monoisotopic (exact) mass is 515 g/mol. The van der Waals surface area contributed by atoms with Gasteiger partial charge in [0.1, 0.15) is 0 Å². The molecule has 2 rings (SSSR count). The number of rotatable bonds is 12. The zero-order chi connectivity index (χ0) is 21.3. The molecule has 6 N–H and O–H groups in total. The predicted molar refractivity (Wildman–Crippen MR) is 123 cm³/mol. The summed E-state index contributed by atoms with van der Waals surface area (Å²) in [5, 5.41) is 6.96. The zero-order valence-electron chi connectivity index (χ0n) is 18.1. The number of anilines is 4. The number of ether oxygens (including phenoxy) is 2. The number of hydrogen-bond acceptors (Lipinski definition) is 6. The Morgan fingerprint density at radius 3 is 1.55 bits per heavy atom. The Morgan fingerprint density at radius 2 is 1.17 bits per heavy atom. The second-order valence-corrected chi connectivity index (χ2v) is 19.0. The van der Waals surface area contributed by atoms with E-state index >= 15 is 0 Å². The molecular formula is C22H36IN4O2-. The van der Waals surface area contributed by atoms with E-state index in [1.54, 1.807) is 14.2 Å². The summed E-state index contributed by atoms with van der Waals surface area (Å²) in [7, 11) is 3.29. The number of nitrogens with one attached hydrogen (secondary N) is 2. The van der Waals surface area contributed by atoms with E-state index in [9.17, 15) is 0 Å². The number of methoxy groups -OCH3 is 2. The molecule has 0 aliphatic rings. The standard InChI is InChI=1S/C22H36IN4O2/c1-23(2,11-5-13-26-17-7-9-19(24)21(15-17)28-3)12-6-14-27-18-8-10-20(25)22(16-18)29-4/h7-10,15-16,26-27H,5-6,11-14,24-25H2,1-4H3/q-1. The molecule has 0 aliphatic carbocycles. The Bertz CT molecular complexity index is 720. The van der Waals surface area contributed by atoms with E-state index < -0.39 is 18.4 Å². The van der Waals surface area contributed by atoms with Gasteiger partial charge in [-0.25, -0.2) is 0 Å². The molecule has 0 unspecified atom stereocenters. The normalized spacial score (nSPS) is 11.7. The van der Waals surface area contributed by atoms with Crippen molar-refractivity contribution in [1.82, 2.24) is 0 Å². The second kappa shape index (κ2) is 11.2. The predicted octanol–water partition coefficient (Wildman–Crippen LogP) is 0.592. The molecule has 0 spiro atoms. The van der Waals surface area contributed by atoms with Crippen LogP contribution in [0, 0.1) is 0 Å². The minimum atomic E-state index is -1.65. The van der Waals surface area contributed by atoms with Gasteiger partial charge in [-0.1, -0.05) is 0 Å². The molecule has 0 bridgehead atoms. The van der Waals surface area contributed by atoms with Crippen molar-refractivity contribution in [3.63, 3.8) is 0 Å². The van der Waals surface area contributed by atoms with Crippen molar-refractivity contribution >= 4 is 22.7 Å². The molecule has 0 amide bonds. The first-order valence-corrected chi connectivity index (χ1v) is 17.1. The van der Waals surface area contributed by atoms with Gasteiger partial charge in [-0.15, -0.1) is 0 Å².